The zero-order valence-electron chi connectivity index (χ0n) is 11.0. The fourth-order valence-electron chi connectivity index (χ4n) is 3.27. The predicted molar refractivity (Wildman–Crippen MR) is 69.5 cm³/mol. The molecule has 2 atom stereocenters. The second-order valence-corrected chi connectivity index (χ2v) is 5.85. The highest BCUT2D eigenvalue weighted by Gasteiger charge is 2.32. The summed E-state index contributed by atoms with van der Waals surface area (Å²) in [4.78, 5) is 14.6. The number of hydrogen-bond acceptors (Lipinski definition) is 2. The van der Waals surface area contributed by atoms with E-state index in [0.29, 0.717) is 23.8 Å². The number of carbonyl (C=O) groups is 1. The number of nitrogens with two attached hydrogens (primary N) is 1. The highest BCUT2D eigenvalue weighted by Crippen LogP contribution is 2.29. The lowest BCUT2D eigenvalue weighted by Gasteiger charge is -2.40. The molecule has 0 spiro atoms. The Morgan fingerprint density at radius 2 is 1.88 bits per heavy atom. The Bertz CT molecular complexity index is 261. The van der Waals surface area contributed by atoms with E-state index in [0.717, 1.165) is 32.4 Å². The minimum Gasteiger partial charge on any atom is -0.339 e. The molecule has 1 amide bonds. The van der Waals surface area contributed by atoms with Gasteiger partial charge in [0.25, 0.3) is 0 Å². The summed E-state index contributed by atoms with van der Waals surface area (Å²) < 4.78 is 0. The maximum Gasteiger partial charge on any atom is 0.225 e. The topological polar surface area (TPSA) is 46.3 Å². The molecule has 1 aliphatic carbocycles. The van der Waals surface area contributed by atoms with Crippen LogP contribution in [-0.2, 0) is 4.79 Å². The first kappa shape index (κ1) is 12.9. The van der Waals surface area contributed by atoms with Crippen LogP contribution in [-0.4, -0.2) is 29.9 Å². The molecule has 3 heteroatoms. The van der Waals surface area contributed by atoms with Crippen LogP contribution < -0.4 is 5.73 Å². The average Bonchev–Trinajstić information content (AvgIpc) is 2.39. The second-order valence-electron chi connectivity index (χ2n) is 5.85. The Labute approximate surface area is 105 Å². The third-order valence-electron chi connectivity index (χ3n) is 4.55. The maximum absolute atomic E-state index is 12.5. The van der Waals surface area contributed by atoms with E-state index in [9.17, 15) is 4.79 Å². The van der Waals surface area contributed by atoms with Crippen molar-refractivity contribution in [2.75, 3.05) is 13.1 Å². The van der Waals surface area contributed by atoms with Crippen LogP contribution in [0, 0.1) is 11.8 Å². The molecule has 2 unspecified atom stereocenters. The molecule has 2 fully saturated rings. The summed E-state index contributed by atoms with van der Waals surface area (Å²) in [5.41, 5.74) is 5.75. The van der Waals surface area contributed by atoms with E-state index in [1.54, 1.807) is 0 Å². The van der Waals surface area contributed by atoms with Gasteiger partial charge in [-0.1, -0.05) is 19.3 Å². The van der Waals surface area contributed by atoms with E-state index >= 15 is 0 Å². The number of likely N-dealkylation sites (tertiary alicyclic amines) is 1. The quantitative estimate of drug-likeness (QED) is 0.801. The summed E-state index contributed by atoms with van der Waals surface area (Å²) in [6.07, 6.45) is 8.31. The minimum atomic E-state index is 0.308. The number of carbonyl (C=O) groups excluding carboxylic acids is 1. The number of piperidine rings is 1. The second kappa shape index (κ2) is 5.85. The van der Waals surface area contributed by atoms with E-state index < -0.39 is 0 Å². The molecular formula is C14H26N2O. The standard InChI is InChI=1S/C14H26N2O/c1-11-7-8-12(9-15)10-16(11)14(17)13-5-3-2-4-6-13/h11-13H,2-10,15H2,1H3. The van der Waals surface area contributed by atoms with E-state index in [1.165, 1.54) is 25.7 Å². The molecule has 17 heavy (non-hydrogen) atoms. The van der Waals surface area contributed by atoms with Crippen molar-refractivity contribution in [3.8, 4) is 0 Å². The molecule has 2 aliphatic rings. The smallest absolute Gasteiger partial charge is 0.225 e. The van der Waals surface area contributed by atoms with Crippen LogP contribution in [0.1, 0.15) is 51.9 Å². The Kier molecular flexibility index (Phi) is 4.43. The van der Waals surface area contributed by atoms with Crippen LogP contribution in [0.5, 0.6) is 0 Å². The zero-order valence-corrected chi connectivity index (χ0v) is 11.0. The van der Waals surface area contributed by atoms with E-state index in [2.05, 4.69) is 11.8 Å². The molecule has 0 bridgehead atoms. The highest BCUT2D eigenvalue weighted by atomic mass is 16.2. The van der Waals surface area contributed by atoms with Crippen LogP contribution in [0.2, 0.25) is 0 Å². The first-order chi connectivity index (χ1) is 8.22. The largest absolute Gasteiger partial charge is 0.339 e. The Morgan fingerprint density at radius 3 is 2.53 bits per heavy atom. The summed E-state index contributed by atoms with van der Waals surface area (Å²) in [6.45, 7) is 3.81. The summed E-state index contributed by atoms with van der Waals surface area (Å²) in [5, 5.41) is 0. The van der Waals surface area contributed by atoms with Gasteiger partial charge in [0.1, 0.15) is 0 Å². The first-order valence-corrected chi connectivity index (χ1v) is 7.23. The van der Waals surface area contributed by atoms with Gasteiger partial charge in [0.2, 0.25) is 5.91 Å². The third-order valence-corrected chi connectivity index (χ3v) is 4.55. The van der Waals surface area contributed by atoms with Crippen LogP contribution in [0.15, 0.2) is 0 Å². The van der Waals surface area contributed by atoms with Crippen molar-refractivity contribution in [2.24, 2.45) is 17.6 Å². The van der Waals surface area contributed by atoms with Gasteiger partial charge >= 0.3 is 0 Å². The van der Waals surface area contributed by atoms with Gasteiger partial charge in [-0.15, -0.1) is 0 Å². The van der Waals surface area contributed by atoms with E-state index in [-0.39, 0.29) is 0 Å². The molecule has 1 heterocycles. The normalized spacial score (nSPS) is 31.5. The first-order valence-electron chi connectivity index (χ1n) is 7.23. The molecule has 3 nitrogen and oxygen atoms in total. The number of hydrogen-bond donors (Lipinski definition) is 1. The minimum absolute atomic E-state index is 0.308. The van der Waals surface area contributed by atoms with Crippen molar-refractivity contribution >= 4 is 5.91 Å². The SMILES string of the molecule is CC1CCC(CN)CN1C(=O)C1CCCCC1. The van der Waals surface area contributed by atoms with Crippen molar-refractivity contribution < 1.29 is 4.79 Å². The van der Waals surface area contributed by atoms with Crippen molar-refractivity contribution in [1.82, 2.24) is 4.90 Å². The summed E-state index contributed by atoms with van der Waals surface area (Å²) in [6, 6.07) is 0.423. The van der Waals surface area contributed by atoms with Gasteiger partial charge in [-0.05, 0) is 45.1 Å². The number of nitrogens with zero attached hydrogens (tertiary/aromatic N) is 1. The monoisotopic (exact) mass is 238 g/mol. The third kappa shape index (κ3) is 3.01. The molecular weight excluding hydrogens is 212 g/mol. The van der Waals surface area contributed by atoms with E-state index in [4.69, 9.17) is 5.73 Å². The average molecular weight is 238 g/mol. The van der Waals surface area contributed by atoms with Gasteiger partial charge in [-0.2, -0.15) is 0 Å². The van der Waals surface area contributed by atoms with Crippen molar-refractivity contribution in [2.45, 2.75) is 57.9 Å². The summed E-state index contributed by atoms with van der Waals surface area (Å²) in [5.74, 6) is 1.25. The summed E-state index contributed by atoms with van der Waals surface area (Å²) in [7, 11) is 0. The lowest BCUT2D eigenvalue weighted by molar-refractivity contribution is -0.141. The number of rotatable bonds is 2. The molecule has 1 saturated heterocycles. The van der Waals surface area contributed by atoms with Gasteiger partial charge in [-0.3, -0.25) is 4.79 Å². The molecule has 2 rings (SSSR count). The van der Waals surface area contributed by atoms with Crippen molar-refractivity contribution in [1.29, 1.82) is 0 Å². The fourth-order valence-corrected chi connectivity index (χ4v) is 3.27. The van der Waals surface area contributed by atoms with Gasteiger partial charge in [0.15, 0.2) is 0 Å². The molecule has 2 N–H and O–H groups in total. The van der Waals surface area contributed by atoms with Crippen molar-refractivity contribution in [3.63, 3.8) is 0 Å². The van der Waals surface area contributed by atoms with E-state index in [1.807, 2.05) is 0 Å². The molecule has 1 saturated carbocycles. The van der Waals surface area contributed by atoms with Gasteiger partial charge < -0.3 is 10.6 Å². The molecule has 0 radical (unpaired) electrons. The van der Waals surface area contributed by atoms with Crippen LogP contribution in [0.3, 0.4) is 0 Å². The highest BCUT2D eigenvalue weighted by molar-refractivity contribution is 5.79. The zero-order chi connectivity index (χ0) is 12.3. The molecule has 0 aromatic heterocycles. The molecule has 0 aromatic carbocycles. The Balaban J connectivity index is 1.95. The van der Waals surface area contributed by atoms with Crippen molar-refractivity contribution in [3.05, 3.63) is 0 Å². The predicted octanol–water partition coefficient (Wildman–Crippen LogP) is 2.15. The lowest BCUT2D eigenvalue weighted by atomic mass is 9.86. The molecule has 1 aliphatic heterocycles. The Hall–Kier alpha value is -0.570. The van der Waals surface area contributed by atoms with Gasteiger partial charge in [-0.25, -0.2) is 0 Å². The number of amides is 1. The lowest BCUT2D eigenvalue weighted by Crippen LogP contribution is -2.49. The summed E-state index contributed by atoms with van der Waals surface area (Å²) >= 11 is 0. The fraction of sp³-hybridized carbons (Fsp3) is 0.929. The van der Waals surface area contributed by atoms with Gasteiger partial charge in [0.05, 0.1) is 0 Å². The molecule has 0 aromatic rings. The van der Waals surface area contributed by atoms with Gasteiger partial charge in [0, 0.05) is 18.5 Å². The van der Waals surface area contributed by atoms with Crippen LogP contribution in [0.25, 0.3) is 0 Å². The van der Waals surface area contributed by atoms with Crippen LogP contribution in [0.4, 0.5) is 0 Å². The molecule has 98 valence electrons. The Morgan fingerprint density at radius 1 is 1.18 bits per heavy atom. The maximum atomic E-state index is 12.5. The van der Waals surface area contributed by atoms with Crippen LogP contribution >= 0.6 is 0 Å².